The zero-order valence-electron chi connectivity index (χ0n) is 19.1. The maximum atomic E-state index is 13.5. The number of hydrogen-bond acceptors (Lipinski definition) is 6. The quantitative estimate of drug-likeness (QED) is 0.567. The molecule has 184 valence electrons. The Morgan fingerprint density at radius 1 is 0.971 bits per heavy atom. The lowest BCUT2D eigenvalue weighted by atomic mass is 9.90. The average molecular weight is 526 g/mol. The SMILES string of the molecule is CC(C)[C@H]1C(=O)N(S(C)(=O)=O)C2=CCN(S(=O)(=O)c3ccc(CN4C=CC=CC=C4)cc3)[C@@H]21.Cl. The number of sulfonamides is 2. The first-order valence-electron chi connectivity index (χ1n) is 10.6. The summed E-state index contributed by atoms with van der Waals surface area (Å²) in [7, 11) is -7.81. The summed E-state index contributed by atoms with van der Waals surface area (Å²) in [6, 6.07) is 5.81. The standard InChI is InChI=1S/C23H27N3O5S2.ClH/c1-17(2)21-22-20(26(23(21)27)32(3,28)29)12-15-25(22)33(30,31)19-10-8-18(9-11-19)16-24-13-6-4-5-7-14-24;/h4-14,17,21-22H,15-16H2,1-3H3;1H/t21-,22+;/m1./s1. The molecule has 0 saturated carbocycles. The molecule has 3 aliphatic rings. The second-order valence-electron chi connectivity index (χ2n) is 8.67. The molecule has 0 aliphatic carbocycles. The van der Waals surface area contributed by atoms with Gasteiger partial charge in [-0.15, -0.1) is 12.4 Å². The largest absolute Gasteiger partial charge is 0.350 e. The molecule has 3 heterocycles. The topological polar surface area (TPSA) is 95.1 Å². The number of nitrogens with zero attached hydrogens (tertiary/aromatic N) is 3. The van der Waals surface area contributed by atoms with Gasteiger partial charge in [0.1, 0.15) is 0 Å². The number of carbonyl (C=O) groups is 1. The molecule has 0 unspecified atom stereocenters. The Morgan fingerprint density at radius 2 is 1.56 bits per heavy atom. The molecular weight excluding hydrogens is 498 g/mol. The molecule has 2 atom stereocenters. The first-order chi connectivity index (χ1) is 15.5. The summed E-state index contributed by atoms with van der Waals surface area (Å²) in [4.78, 5) is 15.0. The van der Waals surface area contributed by atoms with E-state index >= 15 is 0 Å². The Kier molecular flexibility index (Phi) is 7.47. The van der Waals surface area contributed by atoms with E-state index in [0.717, 1.165) is 16.1 Å². The molecule has 11 heteroatoms. The number of benzene rings is 1. The number of allylic oxidation sites excluding steroid dienone is 4. The maximum Gasteiger partial charge on any atom is 0.245 e. The molecule has 1 fully saturated rings. The van der Waals surface area contributed by atoms with Crippen molar-refractivity contribution in [1.82, 2.24) is 13.5 Å². The van der Waals surface area contributed by atoms with Crippen LogP contribution in [0.4, 0.5) is 0 Å². The molecule has 0 spiro atoms. The lowest BCUT2D eigenvalue weighted by Crippen LogP contribution is -2.42. The Balaban J connectivity index is 0.00000324. The van der Waals surface area contributed by atoms with Crippen molar-refractivity contribution in [3.8, 4) is 0 Å². The molecule has 1 aromatic rings. The lowest BCUT2D eigenvalue weighted by Gasteiger charge is -2.28. The molecule has 3 aliphatic heterocycles. The number of fused-ring (bicyclic) bond motifs is 1. The average Bonchev–Trinajstić information content (AvgIpc) is 3.14. The van der Waals surface area contributed by atoms with E-state index in [1.807, 2.05) is 41.6 Å². The van der Waals surface area contributed by atoms with E-state index in [2.05, 4.69) is 0 Å². The highest BCUT2D eigenvalue weighted by atomic mass is 35.5. The summed E-state index contributed by atoms with van der Waals surface area (Å²) in [5, 5.41) is 0. The minimum Gasteiger partial charge on any atom is -0.350 e. The van der Waals surface area contributed by atoms with Crippen LogP contribution in [-0.4, -0.2) is 55.1 Å². The molecule has 1 amide bonds. The molecule has 1 aromatic carbocycles. The van der Waals surface area contributed by atoms with E-state index in [9.17, 15) is 21.6 Å². The van der Waals surface area contributed by atoms with Gasteiger partial charge in [0.2, 0.25) is 26.0 Å². The van der Waals surface area contributed by atoms with Crippen molar-refractivity contribution in [2.24, 2.45) is 11.8 Å². The van der Waals surface area contributed by atoms with Crippen LogP contribution in [0.1, 0.15) is 19.4 Å². The highest BCUT2D eigenvalue weighted by Gasteiger charge is 2.56. The van der Waals surface area contributed by atoms with Gasteiger partial charge in [-0.3, -0.25) is 4.79 Å². The van der Waals surface area contributed by atoms with Crippen molar-refractivity contribution in [3.63, 3.8) is 0 Å². The number of hydrogen-bond donors (Lipinski definition) is 0. The molecule has 4 rings (SSSR count). The maximum absolute atomic E-state index is 13.5. The van der Waals surface area contributed by atoms with Gasteiger partial charge in [0.25, 0.3) is 0 Å². The summed E-state index contributed by atoms with van der Waals surface area (Å²) < 4.78 is 53.6. The van der Waals surface area contributed by atoms with Crippen molar-refractivity contribution in [1.29, 1.82) is 0 Å². The van der Waals surface area contributed by atoms with Crippen molar-refractivity contribution in [3.05, 3.63) is 78.3 Å². The van der Waals surface area contributed by atoms with Crippen LogP contribution in [-0.2, 0) is 31.4 Å². The summed E-state index contributed by atoms with van der Waals surface area (Å²) in [5.74, 6) is -1.58. The fourth-order valence-electron chi connectivity index (χ4n) is 4.50. The minimum absolute atomic E-state index is 0. The Labute approximate surface area is 207 Å². The van der Waals surface area contributed by atoms with Crippen LogP contribution in [0.3, 0.4) is 0 Å². The van der Waals surface area contributed by atoms with Gasteiger partial charge in [0.15, 0.2) is 0 Å². The Hall–Kier alpha value is -2.40. The predicted octanol–water partition coefficient (Wildman–Crippen LogP) is 2.84. The highest BCUT2D eigenvalue weighted by molar-refractivity contribution is 7.89. The first kappa shape index (κ1) is 26.2. The summed E-state index contributed by atoms with van der Waals surface area (Å²) in [6.45, 7) is 4.19. The molecule has 0 radical (unpaired) electrons. The third kappa shape index (κ3) is 4.72. The molecule has 0 N–H and O–H groups in total. The van der Waals surface area contributed by atoms with Gasteiger partial charge >= 0.3 is 0 Å². The van der Waals surface area contributed by atoms with Gasteiger partial charge in [-0.2, -0.15) is 4.31 Å². The van der Waals surface area contributed by atoms with Crippen LogP contribution < -0.4 is 0 Å². The smallest absolute Gasteiger partial charge is 0.245 e. The highest BCUT2D eigenvalue weighted by Crippen LogP contribution is 2.43. The summed E-state index contributed by atoms with van der Waals surface area (Å²) in [5.41, 5.74) is 1.17. The fraction of sp³-hybridized carbons (Fsp3) is 0.348. The normalized spacial score (nSPS) is 22.7. The second-order valence-corrected chi connectivity index (χ2v) is 12.4. The number of halogens is 1. The van der Waals surface area contributed by atoms with Gasteiger partial charge in [-0.05, 0) is 41.8 Å². The van der Waals surface area contributed by atoms with E-state index in [4.69, 9.17) is 0 Å². The van der Waals surface area contributed by atoms with Crippen molar-refractivity contribution in [2.45, 2.75) is 31.3 Å². The van der Waals surface area contributed by atoms with Gasteiger partial charge in [-0.25, -0.2) is 21.1 Å². The first-order valence-corrected chi connectivity index (χ1v) is 13.9. The molecule has 8 nitrogen and oxygen atoms in total. The van der Waals surface area contributed by atoms with Crippen molar-refractivity contribution >= 4 is 38.4 Å². The van der Waals surface area contributed by atoms with Crippen LogP contribution in [0.2, 0.25) is 0 Å². The molecule has 34 heavy (non-hydrogen) atoms. The summed E-state index contributed by atoms with van der Waals surface area (Å²) >= 11 is 0. The van der Waals surface area contributed by atoms with E-state index < -0.39 is 37.9 Å². The van der Waals surface area contributed by atoms with Crippen LogP contribution in [0, 0.1) is 11.8 Å². The Morgan fingerprint density at radius 3 is 2.09 bits per heavy atom. The van der Waals surface area contributed by atoms with E-state index in [-0.39, 0.29) is 35.5 Å². The van der Waals surface area contributed by atoms with Crippen molar-refractivity contribution in [2.75, 3.05) is 12.8 Å². The number of carbonyl (C=O) groups excluding carboxylic acids is 1. The minimum atomic E-state index is -3.95. The van der Waals surface area contributed by atoms with Crippen LogP contribution in [0.5, 0.6) is 0 Å². The summed E-state index contributed by atoms with van der Waals surface area (Å²) in [6.07, 6.45) is 14.0. The van der Waals surface area contributed by atoms with E-state index in [1.54, 1.807) is 38.1 Å². The number of rotatable bonds is 6. The van der Waals surface area contributed by atoms with E-state index in [0.29, 0.717) is 6.54 Å². The fourth-order valence-corrected chi connectivity index (χ4v) is 7.07. The Bertz CT molecular complexity index is 1270. The monoisotopic (exact) mass is 525 g/mol. The zero-order chi connectivity index (χ0) is 24.0. The van der Waals surface area contributed by atoms with Crippen LogP contribution in [0.25, 0.3) is 0 Å². The molecular formula is C23H28ClN3O5S2. The van der Waals surface area contributed by atoms with Gasteiger partial charge in [0, 0.05) is 25.5 Å². The van der Waals surface area contributed by atoms with Crippen LogP contribution in [0.15, 0.2) is 77.6 Å². The van der Waals surface area contributed by atoms with Crippen molar-refractivity contribution < 1.29 is 21.6 Å². The third-order valence-electron chi connectivity index (χ3n) is 5.99. The number of amides is 1. The molecule has 0 aromatic heterocycles. The van der Waals surface area contributed by atoms with Crippen LogP contribution >= 0.6 is 12.4 Å². The van der Waals surface area contributed by atoms with E-state index in [1.165, 1.54) is 10.4 Å². The predicted molar refractivity (Wildman–Crippen MR) is 132 cm³/mol. The molecule has 1 saturated heterocycles. The molecule has 0 bridgehead atoms. The van der Waals surface area contributed by atoms with Gasteiger partial charge < -0.3 is 4.90 Å². The second kappa shape index (κ2) is 9.69. The van der Waals surface area contributed by atoms with Gasteiger partial charge in [-0.1, -0.05) is 38.1 Å². The lowest BCUT2D eigenvalue weighted by molar-refractivity contribution is -0.128. The van der Waals surface area contributed by atoms with Gasteiger partial charge in [0.05, 0.1) is 28.8 Å². The zero-order valence-corrected chi connectivity index (χ0v) is 21.6. The third-order valence-corrected chi connectivity index (χ3v) is 8.90.